The van der Waals surface area contributed by atoms with Crippen LogP contribution in [0.15, 0.2) is 0 Å². The summed E-state index contributed by atoms with van der Waals surface area (Å²) in [5.41, 5.74) is 0. The second-order valence-corrected chi connectivity index (χ2v) is 16.8. The zero-order chi connectivity index (χ0) is 37.5. The van der Waals surface area contributed by atoms with E-state index in [0.29, 0.717) is 0 Å². The van der Waals surface area contributed by atoms with Gasteiger partial charge in [-0.2, -0.15) is 0 Å². The molecule has 0 aliphatic carbocycles. The third-order valence-electron chi connectivity index (χ3n) is 12.0. The first-order chi connectivity index (χ1) is 25.5. The summed E-state index contributed by atoms with van der Waals surface area (Å²) in [6, 6.07) is 0. The predicted octanol–water partition coefficient (Wildman–Crippen LogP) is 13.0. The van der Waals surface area contributed by atoms with Gasteiger partial charge in [-0.3, -0.25) is 29.0 Å². The van der Waals surface area contributed by atoms with E-state index in [1.54, 1.807) is 0 Å². The number of rotatable bonds is 37. The van der Waals surface area contributed by atoms with Crippen molar-refractivity contribution in [1.29, 1.82) is 0 Å². The molecule has 2 rings (SSSR count). The fraction of sp³-hybridized carbons (Fsp3) is 0.913. The molecule has 6 heteroatoms. The lowest BCUT2D eigenvalue weighted by Gasteiger charge is -2.20. The summed E-state index contributed by atoms with van der Waals surface area (Å²) >= 11 is 0. The first-order valence-corrected chi connectivity index (χ1v) is 23.2. The first kappa shape index (κ1) is 46.4. The van der Waals surface area contributed by atoms with Crippen LogP contribution in [-0.4, -0.2) is 46.5 Å². The Hall–Kier alpha value is -1.72. The molecular weight excluding hydrogens is 645 g/mol. The molecule has 6 nitrogen and oxygen atoms in total. The molecule has 52 heavy (non-hydrogen) atoms. The number of imide groups is 2. The first-order valence-electron chi connectivity index (χ1n) is 23.2. The molecule has 2 unspecified atom stereocenters. The Labute approximate surface area is 321 Å². The molecule has 2 atom stereocenters. The van der Waals surface area contributed by atoms with Crippen LogP contribution in [0.4, 0.5) is 0 Å². The van der Waals surface area contributed by atoms with Crippen molar-refractivity contribution < 1.29 is 19.2 Å². The molecule has 2 fully saturated rings. The van der Waals surface area contributed by atoms with Crippen LogP contribution in [0, 0.1) is 11.8 Å². The highest BCUT2D eigenvalue weighted by molar-refractivity contribution is 6.05. The highest BCUT2D eigenvalue weighted by Gasteiger charge is 2.41. The minimum absolute atomic E-state index is 0.102. The molecule has 2 saturated heterocycles. The Morgan fingerprint density at radius 1 is 0.346 bits per heavy atom. The second kappa shape index (κ2) is 31.6. The molecular formula is C46H84N2O4. The SMILES string of the molecule is CCCCCCCCCCCCCCCCCCC1CC(=O)N(CCN2C(=O)CC(CCCCCCCCCCCCCCCCCC)C2=O)C1=O. The number of carbonyl (C=O) groups is 4. The molecule has 2 aliphatic heterocycles. The molecule has 0 radical (unpaired) electrons. The summed E-state index contributed by atoms with van der Waals surface area (Å²) in [5.74, 6) is -0.950. The third kappa shape index (κ3) is 21.2. The Morgan fingerprint density at radius 2 is 0.558 bits per heavy atom. The van der Waals surface area contributed by atoms with Crippen LogP contribution in [0.1, 0.15) is 245 Å². The average molecular weight is 729 g/mol. The lowest BCUT2D eigenvalue weighted by molar-refractivity contribution is -0.144. The zero-order valence-corrected chi connectivity index (χ0v) is 34.6. The lowest BCUT2D eigenvalue weighted by Crippen LogP contribution is -2.41. The second-order valence-electron chi connectivity index (χ2n) is 16.8. The highest BCUT2D eigenvalue weighted by atomic mass is 16.2. The average Bonchev–Trinajstić information content (AvgIpc) is 3.57. The van der Waals surface area contributed by atoms with Gasteiger partial charge in [-0.15, -0.1) is 0 Å². The van der Waals surface area contributed by atoms with Crippen molar-refractivity contribution >= 4 is 23.6 Å². The van der Waals surface area contributed by atoms with Gasteiger partial charge >= 0.3 is 0 Å². The van der Waals surface area contributed by atoms with Crippen LogP contribution in [0.2, 0.25) is 0 Å². The summed E-state index contributed by atoms with van der Waals surface area (Å²) in [7, 11) is 0. The monoisotopic (exact) mass is 729 g/mol. The number of amides is 4. The summed E-state index contributed by atoms with van der Waals surface area (Å²) in [6.07, 6.45) is 44.3. The number of nitrogens with zero attached hydrogens (tertiary/aromatic N) is 2. The Morgan fingerprint density at radius 3 is 0.788 bits per heavy atom. The Balaban J connectivity index is 1.43. The fourth-order valence-corrected chi connectivity index (χ4v) is 8.50. The van der Waals surface area contributed by atoms with E-state index >= 15 is 0 Å². The van der Waals surface area contributed by atoms with E-state index in [1.165, 1.54) is 190 Å². The van der Waals surface area contributed by atoms with Gasteiger partial charge < -0.3 is 0 Å². The Bertz CT molecular complexity index is 861. The molecule has 0 bridgehead atoms. The van der Waals surface area contributed by atoms with E-state index in [9.17, 15) is 19.2 Å². The minimum atomic E-state index is -0.230. The number of likely N-dealkylation sites (tertiary alicyclic amines) is 2. The molecule has 0 saturated carbocycles. The topological polar surface area (TPSA) is 74.8 Å². The molecule has 2 heterocycles. The molecule has 302 valence electrons. The van der Waals surface area contributed by atoms with Gasteiger partial charge in [0.15, 0.2) is 0 Å². The number of hydrogen-bond acceptors (Lipinski definition) is 4. The van der Waals surface area contributed by atoms with E-state index in [-0.39, 0.29) is 61.4 Å². The van der Waals surface area contributed by atoms with Gasteiger partial charge in [-0.05, 0) is 12.8 Å². The predicted molar refractivity (Wildman–Crippen MR) is 218 cm³/mol. The molecule has 0 N–H and O–H groups in total. The van der Waals surface area contributed by atoms with Gasteiger partial charge in [0.2, 0.25) is 23.6 Å². The lowest BCUT2D eigenvalue weighted by atomic mass is 9.98. The van der Waals surface area contributed by atoms with Gasteiger partial charge in [0, 0.05) is 37.8 Å². The maximum atomic E-state index is 13.0. The van der Waals surface area contributed by atoms with Crippen molar-refractivity contribution in [2.75, 3.05) is 13.1 Å². The van der Waals surface area contributed by atoms with Crippen LogP contribution in [0.3, 0.4) is 0 Å². The number of hydrogen-bond donors (Lipinski definition) is 0. The maximum Gasteiger partial charge on any atom is 0.232 e. The molecule has 2 aliphatic rings. The number of unbranched alkanes of at least 4 members (excludes halogenated alkanes) is 30. The van der Waals surface area contributed by atoms with Crippen LogP contribution in [0.5, 0.6) is 0 Å². The quantitative estimate of drug-likeness (QED) is 0.0471. The van der Waals surface area contributed by atoms with Crippen molar-refractivity contribution in [3.8, 4) is 0 Å². The van der Waals surface area contributed by atoms with Crippen LogP contribution < -0.4 is 0 Å². The molecule has 0 spiro atoms. The summed E-state index contributed by atoms with van der Waals surface area (Å²) in [5, 5.41) is 0. The van der Waals surface area contributed by atoms with E-state index in [4.69, 9.17) is 0 Å². The summed E-state index contributed by atoms with van der Waals surface area (Å²) in [6.45, 7) is 4.85. The van der Waals surface area contributed by atoms with Crippen molar-refractivity contribution in [3.63, 3.8) is 0 Å². The highest BCUT2D eigenvalue weighted by Crippen LogP contribution is 2.28. The van der Waals surface area contributed by atoms with Crippen LogP contribution in [0.25, 0.3) is 0 Å². The van der Waals surface area contributed by atoms with Gasteiger partial charge in [-0.25, -0.2) is 0 Å². The van der Waals surface area contributed by atoms with Crippen LogP contribution in [-0.2, 0) is 19.2 Å². The van der Waals surface area contributed by atoms with Crippen molar-refractivity contribution in [1.82, 2.24) is 9.80 Å². The molecule has 4 amide bonds. The standard InChI is InChI=1S/C46H84N2O4/c1-3-5-7-9-11-13-15-17-19-21-23-25-27-29-31-33-35-41-39-43(49)47(45(41)51)37-38-48-44(50)40-42(46(48)52)36-34-32-30-28-26-24-22-20-18-16-14-12-10-8-6-4-2/h41-42H,3-40H2,1-2H3. The minimum Gasteiger partial charge on any atom is -0.281 e. The maximum absolute atomic E-state index is 13.0. The molecule has 0 aromatic heterocycles. The smallest absolute Gasteiger partial charge is 0.232 e. The largest absolute Gasteiger partial charge is 0.281 e. The van der Waals surface area contributed by atoms with E-state index in [2.05, 4.69) is 13.8 Å². The van der Waals surface area contributed by atoms with Gasteiger partial charge in [-0.1, -0.05) is 219 Å². The molecule has 0 aromatic rings. The summed E-state index contributed by atoms with van der Waals surface area (Å²) < 4.78 is 0. The van der Waals surface area contributed by atoms with Crippen molar-refractivity contribution in [3.05, 3.63) is 0 Å². The normalized spacial score (nSPS) is 17.8. The van der Waals surface area contributed by atoms with Crippen LogP contribution >= 0.6 is 0 Å². The van der Waals surface area contributed by atoms with Crippen molar-refractivity contribution in [2.24, 2.45) is 11.8 Å². The summed E-state index contributed by atoms with van der Waals surface area (Å²) in [4.78, 5) is 54.1. The van der Waals surface area contributed by atoms with Gasteiger partial charge in [0.05, 0.1) is 0 Å². The van der Waals surface area contributed by atoms with E-state index in [1.807, 2.05) is 0 Å². The zero-order valence-electron chi connectivity index (χ0n) is 34.6. The molecule has 0 aromatic carbocycles. The van der Waals surface area contributed by atoms with Crippen molar-refractivity contribution in [2.45, 2.75) is 245 Å². The van der Waals surface area contributed by atoms with Gasteiger partial charge in [0.25, 0.3) is 0 Å². The van der Waals surface area contributed by atoms with E-state index < -0.39 is 0 Å². The third-order valence-corrected chi connectivity index (χ3v) is 12.0. The Kier molecular flexibility index (Phi) is 28.2. The van der Waals surface area contributed by atoms with Gasteiger partial charge in [0.1, 0.15) is 0 Å². The fourth-order valence-electron chi connectivity index (χ4n) is 8.50. The number of carbonyl (C=O) groups excluding carboxylic acids is 4. The van der Waals surface area contributed by atoms with E-state index in [0.717, 1.165) is 38.5 Å².